The molecule has 0 heterocycles. The van der Waals surface area contributed by atoms with Crippen molar-refractivity contribution in [2.45, 2.75) is 45.8 Å². The topological polar surface area (TPSA) is 49.3 Å². The highest BCUT2D eigenvalue weighted by Crippen LogP contribution is 2.32. The van der Waals surface area contributed by atoms with Crippen LogP contribution in [0.5, 0.6) is 0 Å². The molecule has 1 aliphatic carbocycles. The molecule has 114 valence electrons. The minimum absolute atomic E-state index is 0.131. The number of allylic oxidation sites excluding steroid dienone is 1. The van der Waals surface area contributed by atoms with Gasteiger partial charge in [-0.05, 0) is 36.4 Å². The van der Waals surface area contributed by atoms with Crippen LogP contribution in [-0.4, -0.2) is 29.6 Å². The first-order valence-electron chi connectivity index (χ1n) is 7.57. The molecule has 3 nitrogen and oxygen atoms in total. The standard InChI is InChI=1S/C18H25NO2/c1-13-11-15(17(21)18(2,3)12-16(13)20)19-10-9-14-7-5-4-6-8-14/h4-8,11,15,17,19,21H,9-10,12H2,1-3H3. The van der Waals surface area contributed by atoms with Crippen LogP contribution in [0.4, 0.5) is 0 Å². The van der Waals surface area contributed by atoms with E-state index in [4.69, 9.17) is 0 Å². The molecule has 2 atom stereocenters. The molecule has 21 heavy (non-hydrogen) atoms. The van der Waals surface area contributed by atoms with Gasteiger partial charge >= 0.3 is 0 Å². The van der Waals surface area contributed by atoms with Crippen LogP contribution in [0.1, 0.15) is 32.8 Å². The van der Waals surface area contributed by atoms with E-state index in [1.54, 1.807) is 0 Å². The molecule has 1 aromatic carbocycles. The van der Waals surface area contributed by atoms with Crippen molar-refractivity contribution in [2.24, 2.45) is 5.41 Å². The van der Waals surface area contributed by atoms with Crippen molar-refractivity contribution in [3.63, 3.8) is 0 Å². The third-order valence-electron chi connectivity index (χ3n) is 4.26. The van der Waals surface area contributed by atoms with E-state index in [1.807, 2.05) is 45.0 Å². The summed E-state index contributed by atoms with van der Waals surface area (Å²) in [5.74, 6) is 0.131. The van der Waals surface area contributed by atoms with Crippen molar-refractivity contribution in [3.05, 3.63) is 47.5 Å². The maximum absolute atomic E-state index is 12.0. The highest BCUT2D eigenvalue weighted by molar-refractivity contribution is 5.95. The minimum Gasteiger partial charge on any atom is -0.391 e. The highest BCUT2D eigenvalue weighted by atomic mass is 16.3. The fraction of sp³-hybridized carbons (Fsp3) is 0.500. The maximum atomic E-state index is 12.0. The number of benzene rings is 1. The fourth-order valence-electron chi connectivity index (χ4n) is 2.80. The third kappa shape index (κ3) is 4.02. The summed E-state index contributed by atoms with van der Waals surface area (Å²) in [6, 6.07) is 10.1. The molecule has 2 rings (SSSR count). The molecule has 1 aliphatic rings. The predicted octanol–water partition coefficient (Wildman–Crippen LogP) is 2.49. The minimum atomic E-state index is -0.560. The smallest absolute Gasteiger partial charge is 0.158 e. The number of carbonyl (C=O) groups is 1. The first-order chi connectivity index (χ1) is 9.90. The molecule has 1 aromatic rings. The molecule has 0 spiro atoms. The first kappa shape index (κ1) is 15.9. The normalized spacial score (nSPS) is 25.3. The van der Waals surface area contributed by atoms with Gasteiger partial charge in [0, 0.05) is 6.42 Å². The summed E-state index contributed by atoms with van der Waals surface area (Å²) in [6.07, 6.45) is 2.63. The summed E-state index contributed by atoms with van der Waals surface area (Å²) in [4.78, 5) is 12.0. The molecule has 0 saturated heterocycles. The van der Waals surface area contributed by atoms with Gasteiger partial charge in [-0.3, -0.25) is 4.79 Å². The lowest BCUT2D eigenvalue weighted by molar-refractivity contribution is -0.118. The zero-order chi connectivity index (χ0) is 15.5. The van der Waals surface area contributed by atoms with Gasteiger partial charge in [0.05, 0.1) is 12.1 Å². The van der Waals surface area contributed by atoms with E-state index < -0.39 is 11.5 Å². The average molecular weight is 287 g/mol. The number of nitrogens with one attached hydrogen (secondary N) is 1. The summed E-state index contributed by atoms with van der Waals surface area (Å²) < 4.78 is 0. The molecule has 0 bridgehead atoms. The largest absolute Gasteiger partial charge is 0.391 e. The summed E-state index contributed by atoms with van der Waals surface area (Å²) in [6.45, 7) is 6.52. The average Bonchev–Trinajstić information content (AvgIpc) is 2.51. The van der Waals surface area contributed by atoms with Gasteiger partial charge in [-0.2, -0.15) is 0 Å². The number of ketones is 1. The van der Waals surface area contributed by atoms with Crippen LogP contribution in [0.15, 0.2) is 42.0 Å². The third-order valence-corrected chi connectivity index (χ3v) is 4.26. The van der Waals surface area contributed by atoms with Crippen molar-refractivity contribution < 1.29 is 9.90 Å². The fourth-order valence-corrected chi connectivity index (χ4v) is 2.80. The summed E-state index contributed by atoms with van der Waals surface area (Å²) in [7, 11) is 0. The van der Waals surface area contributed by atoms with E-state index in [2.05, 4.69) is 17.4 Å². The molecule has 0 amide bonds. The quantitative estimate of drug-likeness (QED) is 0.894. The van der Waals surface area contributed by atoms with E-state index in [-0.39, 0.29) is 11.8 Å². The van der Waals surface area contributed by atoms with Crippen LogP contribution in [0, 0.1) is 5.41 Å². The molecular weight excluding hydrogens is 262 g/mol. The number of hydrogen-bond acceptors (Lipinski definition) is 3. The lowest BCUT2D eigenvalue weighted by Gasteiger charge is -2.33. The van der Waals surface area contributed by atoms with Gasteiger partial charge in [0.2, 0.25) is 0 Å². The van der Waals surface area contributed by atoms with Crippen LogP contribution < -0.4 is 5.32 Å². The summed E-state index contributed by atoms with van der Waals surface area (Å²) in [5, 5.41) is 13.9. The number of aliphatic hydroxyl groups is 1. The zero-order valence-electron chi connectivity index (χ0n) is 13.1. The molecule has 0 aliphatic heterocycles. The molecule has 0 aromatic heterocycles. The zero-order valence-corrected chi connectivity index (χ0v) is 13.1. The number of Topliss-reactive ketones (excluding diaryl/α,β-unsaturated/α-hetero) is 1. The van der Waals surface area contributed by atoms with E-state index in [9.17, 15) is 9.90 Å². The second-order valence-corrected chi connectivity index (χ2v) is 6.60. The first-order valence-corrected chi connectivity index (χ1v) is 7.57. The molecular formula is C18H25NO2. The Morgan fingerprint density at radius 1 is 1.29 bits per heavy atom. The van der Waals surface area contributed by atoms with Gasteiger partial charge < -0.3 is 10.4 Å². The predicted molar refractivity (Wildman–Crippen MR) is 85.1 cm³/mol. The van der Waals surface area contributed by atoms with Crippen molar-refractivity contribution in [1.29, 1.82) is 0 Å². The summed E-state index contributed by atoms with van der Waals surface area (Å²) >= 11 is 0. The van der Waals surface area contributed by atoms with E-state index >= 15 is 0 Å². The van der Waals surface area contributed by atoms with Crippen LogP contribution in [0.25, 0.3) is 0 Å². The van der Waals surface area contributed by atoms with E-state index in [1.165, 1.54) is 5.56 Å². The Bertz CT molecular complexity index is 519. The number of hydrogen-bond donors (Lipinski definition) is 2. The molecule has 2 N–H and O–H groups in total. The SMILES string of the molecule is CC1=CC(NCCc2ccccc2)C(O)C(C)(C)CC1=O. The van der Waals surface area contributed by atoms with Crippen molar-refractivity contribution in [3.8, 4) is 0 Å². The second-order valence-electron chi connectivity index (χ2n) is 6.60. The summed E-state index contributed by atoms with van der Waals surface area (Å²) in [5.41, 5.74) is 1.61. The van der Waals surface area contributed by atoms with Crippen LogP contribution in [-0.2, 0) is 11.2 Å². The Morgan fingerprint density at radius 2 is 1.95 bits per heavy atom. The lowest BCUT2D eigenvalue weighted by atomic mass is 9.80. The van der Waals surface area contributed by atoms with E-state index in [0.29, 0.717) is 6.42 Å². The Labute approximate surface area is 127 Å². The Balaban J connectivity index is 2.01. The van der Waals surface area contributed by atoms with Crippen LogP contribution in [0.2, 0.25) is 0 Å². The van der Waals surface area contributed by atoms with Gasteiger partial charge in [-0.15, -0.1) is 0 Å². The van der Waals surface area contributed by atoms with Crippen molar-refractivity contribution >= 4 is 5.78 Å². The van der Waals surface area contributed by atoms with Gasteiger partial charge in [0.15, 0.2) is 5.78 Å². The van der Waals surface area contributed by atoms with Gasteiger partial charge in [-0.25, -0.2) is 0 Å². The molecule has 3 heteroatoms. The highest BCUT2D eigenvalue weighted by Gasteiger charge is 2.37. The van der Waals surface area contributed by atoms with E-state index in [0.717, 1.165) is 18.5 Å². The van der Waals surface area contributed by atoms with Gasteiger partial charge in [-0.1, -0.05) is 50.3 Å². The number of carbonyl (C=O) groups excluding carboxylic acids is 1. The van der Waals surface area contributed by atoms with Crippen molar-refractivity contribution in [1.82, 2.24) is 5.32 Å². The van der Waals surface area contributed by atoms with Crippen molar-refractivity contribution in [2.75, 3.05) is 6.54 Å². The van der Waals surface area contributed by atoms with Gasteiger partial charge in [0.25, 0.3) is 0 Å². The maximum Gasteiger partial charge on any atom is 0.158 e. The molecule has 0 fully saturated rings. The lowest BCUT2D eigenvalue weighted by Crippen LogP contribution is -2.46. The monoisotopic (exact) mass is 287 g/mol. The molecule has 0 saturated carbocycles. The Hall–Kier alpha value is -1.45. The molecule has 0 radical (unpaired) electrons. The van der Waals surface area contributed by atoms with Crippen LogP contribution in [0.3, 0.4) is 0 Å². The van der Waals surface area contributed by atoms with Crippen LogP contribution >= 0.6 is 0 Å². The number of rotatable bonds is 4. The van der Waals surface area contributed by atoms with Gasteiger partial charge in [0.1, 0.15) is 0 Å². The molecule has 2 unspecified atom stereocenters. The Morgan fingerprint density at radius 3 is 2.62 bits per heavy atom. The Kier molecular flexibility index (Phi) is 4.96. The number of aliphatic hydroxyl groups excluding tert-OH is 1. The second kappa shape index (κ2) is 6.54.